The molecule has 1 aliphatic heterocycles. The SMILES string of the molecule is Cc1c(C)c2c3c(nc(Br)n3CCC2)c1Br. The third-order valence-electron chi connectivity index (χ3n) is 3.57. The maximum atomic E-state index is 4.62. The van der Waals surface area contributed by atoms with E-state index in [1.807, 2.05) is 0 Å². The van der Waals surface area contributed by atoms with E-state index >= 15 is 0 Å². The van der Waals surface area contributed by atoms with Crippen LogP contribution in [0.2, 0.25) is 0 Å². The molecule has 16 heavy (non-hydrogen) atoms. The maximum Gasteiger partial charge on any atom is 0.178 e. The Morgan fingerprint density at radius 1 is 1.19 bits per heavy atom. The first-order chi connectivity index (χ1) is 7.61. The van der Waals surface area contributed by atoms with E-state index in [0.717, 1.165) is 21.3 Å². The Labute approximate surface area is 111 Å². The molecule has 3 rings (SSSR count). The Morgan fingerprint density at radius 3 is 2.69 bits per heavy atom. The normalized spacial score (nSPS) is 14.8. The van der Waals surface area contributed by atoms with E-state index in [2.05, 4.69) is 55.3 Å². The second-order valence-corrected chi connectivity index (χ2v) is 5.88. The Balaban J connectivity index is 2.57. The Bertz CT molecular complexity index is 599. The molecule has 1 aromatic carbocycles. The van der Waals surface area contributed by atoms with E-state index in [1.165, 1.54) is 35.0 Å². The van der Waals surface area contributed by atoms with Gasteiger partial charge in [-0.25, -0.2) is 4.98 Å². The molecule has 2 aromatic rings. The summed E-state index contributed by atoms with van der Waals surface area (Å²) >= 11 is 7.22. The number of benzene rings is 1. The second-order valence-electron chi connectivity index (χ2n) is 4.38. The average molecular weight is 344 g/mol. The third kappa shape index (κ3) is 1.26. The first kappa shape index (κ1) is 10.8. The van der Waals surface area contributed by atoms with Crippen molar-refractivity contribution in [2.45, 2.75) is 33.2 Å². The van der Waals surface area contributed by atoms with Gasteiger partial charge in [-0.05, 0) is 75.2 Å². The van der Waals surface area contributed by atoms with Crippen molar-refractivity contribution in [2.24, 2.45) is 0 Å². The van der Waals surface area contributed by atoms with Gasteiger partial charge in [0.2, 0.25) is 0 Å². The molecule has 2 heterocycles. The van der Waals surface area contributed by atoms with Crippen LogP contribution in [0, 0.1) is 13.8 Å². The van der Waals surface area contributed by atoms with Crippen LogP contribution in [-0.2, 0) is 13.0 Å². The largest absolute Gasteiger partial charge is 0.318 e. The highest BCUT2D eigenvalue weighted by molar-refractivity contribution is 9.11. The summed E-state index contributed by atoms with van der Waals surface area (Å²) in [7, 11) is 0. The molecule has 0 saturated heterocycles. The van der Waals surface area contributed by atoms with Gasteiger partial charge in [-0.3, -0.25) is 0 Å². The molecule has 0 amide bonds. The van der Waals surface area contributed by atoms with E-state index in [9.17, 15) is 0 Å². The summed E-state index contributed by atoms with van der Waals surface area (Å²) in [5.41, 5.74) is 6.62. The van der Waals surface area contributed by atoms with Gasteiger partial charge in [0.1, 0.15) is 5.52 Å². The third-order valence-corrected chi connectivity index (χ3v) is 5.14. The molecule has 0 bridgehead atoms. The van der Waals surface area contributed by atoms with Gasteiger partial charge in [-0.1, -0.05) is 0 Å². The monoisotopic (exact) mass is 342 g/mol. The van der Waals surface area contributed by atoms with Gasteiger partial charge in [-0.15, -0.1) is 0 Å². The molecule has 0 N–H and O–H groups in total. The minimum atomic E-state index is 0.953. The smallest absolute Gasteiger partial charge is 0.178 e. The standard InChI is InChI=1S/C12H12Br2N2/c1-6-7(2)9(13)10-11-8(6)4-3-5-16(11)12(14)15-10/h3-5H2,1-2H3. The summed E-state index contributed by atoms with van der Waals surface area (Å²) in [5, 5.41) is 0. The number of nitrogens with zero attached hydrogens (tertiary/aromatic N) is 2. The van der Waals surface area contributed by atoms with Gasteiger partial charge in [0.15, 0.2) is 4.73 Å². The molecule has 0 unspecified atom stereocenters. The lowest BCUT2D eigenvalue weighted by Gasteiger charge is -2.19. The molecule has 2 nitrogen and oxygen atoms in total. The van der Waals surface area contributed by atoms with Crippen LogP contribution < -0.4 is 0 Å². The molecule has 0 spiro atoms. The van der Waals surface area contributed by atoms with Crippen molar-refractivity contribution in [1.82, 2.24) is 9.55 Å². The van der Waals surface area contributed by atoms with Crippen LogP contribution in [0.15, 0.2) is 9.21 Å². The lowest BCUT2D eigenvalue weighted by Crippen LogP contribution is -2.10. The highest BCUT2D eigenvalue weighted by Gasteiger charge is 2.22. The lowest BCUT2D eigenvalue weighted by atomic mass is 9.96. The van der Waals surface area contributed by atoms with Gasteiger partial charge in [0, 0.05) is 11.0 Å². The van der Waals surface area contributed by atoms with Crippen LogP contribution in [0.5, 0.6) is 0 Å². The van der Waals surface area contributed by atoms with Crippen LogP contribution in [0.25, 0.3) is 11.0 Å². The summed E-state index contributed by atoms with van der Waals surface area (Å²) in [5.74, 6) is 0. The molecule has 0 fully saturated rings. The lowest BCUT2D eigenvalue weighted by molar-refractivity contribution is 0.619. The molecule has 0 radical (unpaired) electrons. The number of halogens is 2. The van der Waals surface area contributed by atoms with Crippen LogP contribution in [0.4, 0.5) is 0 Å². The van der Waals surface area contributed by atoms with Crippen molar-refractivity contribution >= 4 is 42.9 Å². The Kier molecular flexibility index (Phi) is 2.41. The van der Waals surface area contributed by atoms with Crippen LogP contribution in [0.1, 0.15) is 23.1 Å². The first-order valence-corrected chi connectivity index (χ1v) is 7.03. The molecule has 4 heteroatoms. The summed E-state index contributed by atoms with van der Waals surface area (Å²) in [6.07, 6.45) is 2.38. The first-order valence-electron chi connectivity index (χ1n) is 5.44. The van der Waals surface area contributed by atoms with Gasteiger partial charge in [-0.2, -0.15) is 0 Å². The fourth-order valence-corrected chi connectivity index (χ4v) is 3.66. The molecular formula is C12H12Br2N2. The molecule has 0 saturated carbocycles. The zero-order valence-electron chi connectivity index (χ0n) is 9.27. The van der Waals surface area contributed by atoms with Crippen molar-refractivity contribution in [1.29, 1.82) is 0 Å². The predicted molar refractivity (Wildman–Crippen MR) is 72.9 cm³/mol. The van der Waals surface area contributed by atoms with E-state index in [4.69, 9.17) is 0 Å². The van der Waals surface area contributed by atoms with Crippen LogP contribution in [-0.4, -0.2) is 9.55 Å². The minimum absolute atomic E-state index is 0.953. The molecule has 84 valence electrons. The summed E-state index contributed by atoms with van der Waals surface area (Å²) in [4.78, 5) is 4.62. The number of aromatic nitrogens is 2. The van der Waals surface area contributed by atoms with Crippen molar-refractivity contribution in [3.8, 4) is 0 Å². The van der Waals surface area contributed by atoms with Crippen molar-refractivity contribution < 1.29 is 0 Å². The maximum absolute atomic E-state index is 4.62. The molecule has 0 aliphatic carbocycles. The van der Waals surface area contributed by atoms with E-state index in [-0.39, 0.29) is 0 Å². The molecule has 1 aliphatic rings. The average Bonchev–Trinajstić information content (AvgIpc) is 2.63. The number of hydrogen-bond acceptors (Lipinski definition) is 1. The topological polar surface area (TPSA) is 17.8 Å². The zero-order chi connectivity index (χ0) is 11.4. The van der Waals surface area contributed by atoms with Crippen LogP contribution in [0.3, 0.4) is 0 Å². The Morgan fingerprint density at radius 2 is 1.94 bits per heavy atom. The fourth-order valence-electron chi connectivity index (χ4n) is 2.55. The van der Waals surface area contributed by atoms with Gasteiger partial charge < -0.3 is 4.57 Å². The van der Waals surface area contributed by atoms with Crippen molar-refractivity contribution in [3.05, 3.63) is 25.9 Å². The van der Waals surface area contributed by atoms with E-state index < -0.39 is 0 Å². The minimum Gasteiger partial charge on any atom is -0.318 e. The quantitative estimate of drug-likeness (QED) is 0.703. The van der Waals surface area contributed by atoms with Gasteiger partial charge in [0.25, 0.3) is 0 Å². The molecule has 1 aromatic heterocycles. The van der Waals surface area contributed by atoms with Gasteiger partial charge >= 0.3 is 0 Å². The fraction of sp³-hybridized carbons (Fsp3) is 0.417. The predicted octanol–water partition coefficient (Wildman–Crippen LogP) is 4.12. The van der Waals surface area contributed by atoms with Gasteiger partial charge in [0.05, 0.1) is 5.52 Å². The zero-order valence-corrected chi connectivity index (χ0v) is 12.4. The number of imidazole rings is 1. The summed E-state index contributed by atoms with van der Waals surface area (Å²) < 4.78 is 4.38. The Hall–Kier alpha value is -0.350. The molecule has 0 atom stereocenters. The van der Waals surface area contributed by atoms with Crippen molar-refractivity contribution in [3.63, 3.8) is 0 Å². The highest BCUT2D eigenvalue weighted by Crippen LogP contribution is 2.37. The van der Waals surface area contributed by atoms with E-state index in [0.29, 0.717) is 0 Å². The molecular weight excluding hydrogens is 332 g/mol. The summed E-state index contributed by atoms with van der Waals surface area (Å²) in [6, 6.07) is 0. The van der Waals surface area contributed by atoms with E-state index in [1.54, 1.807) is 0 Å². The van der Waals surface area contributed by atoms with Crippen molar-refractivity contribution in [2.75, 3.05) is 0 Å². The van der Waals surface area contributed by atoms with Crippen LogP contribution >= 0.6 is 31.9 Å². The number of hydrogen-bond donors (Lipinski definition) is 0. The highest BCUT2D eigenvalue weighted by atomic mass is 79.9. The number of aryl methyl sites for hydroxylation is 2. The number of rotatable bonds is 0. The second kappa shape index (κ2) is 3.57. The summed E-state index contributed by atoms with van der Waals surface area (Å²) in [6.45, 7) is 5.45.